The Bertz CT molecular complexity index is 436. The minimum absolute atomic E-state index is 0.523. The molecule has 0 bridgehead atoms. The number of nitrogens with one attached hydrogen (secondary N) is 1. The zero-order valence-corrected chi connectivity index (χ0v) is 11.7. The molecule has 0 saturated heterocycles. The SMILES string of the molecule is CB(O)N=C(NB(C)O)c1c(C)cc(C)cc1C. The molecule has 0 saturated carbocycles. The first-order valence-electron chi connectivity index (χ1n) is 6.10. The molecule has 0 amide bonds. The number of hydrogen-bond acceptors (Lipinski definition) is 3. The molecule has 18 heavy (non-hydrogen) atoms. The Morgan fingerprint density at radius 3 is 2.00 bits per heavy atom. The number of amidine groups is 1. The molecular weight excluding hydrogens is 226 g/mol. The average molecular weight is 246 g/mol. The van der Waals surface area contributed by atoms with E-state index in [0.717, 1.165) is 16.7 Å². The molecule has 0 atom stereocenters. The van der Waals surface area contributed by atoms with Gasteiger partial charge in [0.1, 0.15) is 5.84 Å². The van der Waals surface area contributed by atoms with Gasteiger partial charge in [0.05, 0.1) is 0 Å². The first-order valence-corrected chi connectivity index (χ1v) is 6.10. The van der Waals surface area contributed by atoms with Gasteiger partial charge in [0.2, 0.25) is 0 Å². The van der Waals surface area contributed by atoms with Gasteiger partial charge in [0, 0.05) is 5.56 Å². The Morgan fingerprint density at radius 2 is 1.61 bits per heavy atom. The Hall–Kier alpha value is -1.26. The van der Waals surface area contributed by atoms with Crippen LogP contribution in [0.5, 0.6) is 0 Å². The van der Waals surface area contributed by atoms with Crippen LogP contribution in [0.25, 0.3) is 0 Å². The number of hydrogen-bond donors (Lipinski definition) is 3. The van der Waals surface area contributed by atoms with Crippen LogP contribution in [0.2, 0.25) is 13.6 Å². The van der Waals surface area contributed by atoms with E-state index in [-0.39, 0.29) is 0 Å². The normalized spacial score (nSPS) is 11.4. The quantitative estimate of drug-likeness (QED) is 0.426. The summed E-state index contributed by atoms with van der Waals surface area (Å²) in [6.07, 6.45) is 0. The van der Waals surface area contributed by atoms with Crippen molar-refractivity contribution in [3.05, 3.63) is 34.4 Å². The van der Waals surface area contributed by atoms with Crippen molar-refractivity contribution >= 4 is 19.9 Å². The molecule has 6 heteroatoms. The van der Waals surface area contributed by atoms with E-state index in [2.05, 4.69) is 22.3 Å². The largest absolute Gasteiger partial charge is 0.433 e. The minimum Gasteiger partial charge on any atom is -0.433 e. The van der Waals surface area contributed by atoms with Gasteiger partial charge in [-0.3, -0.25) is 4.90 Å². The van der Waals surface area contributed by atoms with Crippen LogP contribution < -0.4 is 5.23 Å². The van der Waals surface area contributed by atoms with Gasteiger partial charge in [-0.2, -0.15) is 0 Å². The van der Waals surface area contributed by atoms with Gasteiger partial charge in [-0.05, 0) is 45.5 Å². The summed E-state index contributed by atoms with van der Waals surface area (Å²) < 4.78 is 0. The van der Waals surface area contributed by atoms with E-state index in [1.54, 1.807) is 13.6 Å². The first kappa shape index (κ1) is 14.8. The van der Waals surface area contributed by atoms with Gasteiger partial charge in [-0.1, -0.05) is 17.7 Å². The third-order valence-electron chi connectivity index (χ3n) is 2.58. The fraction of sp³-hybridized carbons (Fsp3) is 0.417. The summed E-state index contributed by atoms with van der Waals surface area (Å²) in [7, 11) is -1.53. The summed E-state index contributed by atoms with van der Waals surface area (Å²) in [4.78, 5) is 4.14. The lowest BCUT2D eigenvalue weighted by Crippen LogP contribution is -2.38. The maximum atomic E-state index is 9.46. The van der Waals surface area contributed by atoms with Crippen LogP contribution in [0.4, 0.5) is 0 Å². The van der Waals surface area contributed by atoms with Gasteiger partial charge in [-0.15, -0.1) is 0 Å². The molecule has 1 aromatic rings. The lowest BCUT2D eigenvalue weighted by Gasteiger charge is -2.17. The van der Waals surface area contributed by atoms with Crippen molar-refractivity contribution in [3.8, 4) is 0 Å². The summed E-state index contributed by atoms with van der Waals surface area (Å²) in [6.45, 7) is 9.24. The molecule has 1 aromatic carbocycles. The second-order valence-corrected chi connectivity index (χ2v) is 4.70. The maximum absolute atomic E-state index is 9.46. The highest BCUT2D eigenvalue weighted by Crippen LogP contribution is 2.17. The third-order valence-corrected chi connectivity index (χ3v) is 2.58. The standard InChI is InChI=1S/C12H20B2N2O2/c1-8-6-9(2)11(10(3)7-8)12(15-13(4)17)16-14(5)18/h6-7,17-18H,1-5H3,(H,15,16). The Labute approximate surface area is 109 Å². The number of rotatable bonds is 3. The second-order valence-electron chi connectivity index (χ2n) is 4.70. The third kappa shape index (κ3) is 3.89. The molecule has 1 rings (SSSR count). The second kappa shape index (κ2) is 6.07. The molecule has 0 radical (unpaired) electrons. The Morgan fingerprint density at radius 1 is 1.11 bits per heavy atom. The van der Waals surface area contributed by atoms with E-state index < -0.39 is 14.1 Å². The van der Waals surface area contributed by atoms with E-state index >= 15 is 0 Å². The van der Waals surface area contributed by atoms with Crippen LogP contribution in [-0.2, 0) is 0 Å². The van der Waals surface area contributed by atoms with Crippen LogP contribution in [0.15, 0.2) is 17.0 Å². The van der Waals surface area contributed by atoms with E-state index in [0.29, 0.717) is 5.84 Å². The van der Waals surface area contributed by atoms with Crippen molar-refractivity contribution in [2.24, 2.45) is 4.90 Å². The van der Waals surface area contributed by atoms with Gasteiger partial charge in [0.15, 0.2) is 0 Å². The predicted molar refractivity (Wildman–Crippen MR) is 78.0 cm³/mol. The zero-order chi connectivity index (χ0) is 13.9. The van der Waals surface area contributed by atoms with Crippen molar-refractivity contribution in [2.45, 2.75) is 34.4 Å². The van der Waals surface area contributed by atoms with E-state index in [1.807, 2.05) is 20.8 Å². The monoisotopic (exact) mass is 246 g/mol. The van der Waals surface area contributed by atoms with Crippen molar-refractivity contribution < 1.29 is 10.0 Å². The fourth-order valence-electron chi connectivity index (χ4n) is 2.11. The number of benzene rings is 1. The fourth-order valence-corrected chi connectivity index (χ4v) is 2.11. The molecule has 0 aliphatic heterocycles. The highest BCUT2D eigenvalue weighted by molar-refractivity contribution is 6.54. The molecule has 0 heterocycles. The molecule has 4 nitrogen and oxygen atoms in total. The summed E-state index contributed by atoms with van der Waals surface area (Å²) in [6, 6.07) is 4.12. The number of nitrogens with zero attached hydrogens (tertiary/aromatic N) is 1. The first-order chi connectivity index (χ1) is 8.31. The molecule has 0 unspecified atom stereocenters. The highest BCUT2D eigenvalue weighted by Gasteiger charge is 2.16. The van der Waals surface area contributed by atoms with E-state index in [9.17, 15) is 10.0 Å². The van der Waals surface area contributed by atoms with Gasteiger partial charge < -0.3 is 15.3 Å². The van der Waals surface area contributed by atoms with Crippen LogP contribution >= 0.6 is 0 Å². The molecule has 96 valence electrons. The molecule has 0 spiro atoms. The Balaban J connectivity index is 3.29. The predicted octanol–water partition coefficient (Wildman–Crippen LogP) is 1.17. The van der Waals surface area contributed by atoms with Gasteiger partial charge >= 0.3 is 14.1 Å². The van der Waals surface area contributed by atoms with Crippen molar-refractivity contribution in [3.63, 3.8) is 0 Å². The van der Waals surface area contributed by atoms with E-state index in [1.165, 1.54) is 5.56 Å². The molecule has 0 aromatic heterocycles. The van der Waals surface area contributed by atoms with Crippen LogP contribution in [0.3, 0.4) is 0 Å². The zero-order valence-electron chi connectivity index (χ0n) is 11.7. The van der Waals surface area contributed by atoms with Crippen LogP contribution in [-0.4, -0.2) is 30.0 Å². The highest BCUT2D eigenvalue weighted by atomic mass is 16.2. The van der Waals surface area contributed by atoms with E-state index in [4.69, 9.17) is 0 Å². The van der Waals surface area contributed by atoms with Crippen LogP contribution in [0.1, 0.15) is 22.3 Å². The molecular formula is C12H20B2N2O2. The van der Waals surface area contributed by atoms with Crippen molar-refractivity contribution in [1.82, 2.24) is 5.23 Å². The topological polar surface area (TPSA) is 64.9 Å². The molecule has 3 N–H and O–H groups in total. The summed E-state index contributed by atoms with van der Waals surface area (Å²) in [5, 5.41) is 21.8. The lowest BCUT2D eigenvalue weighted by molar-refractivity contribution is 0.571. The minimum atomic E-state index is -0.814. The van der Waals surface area contributed by atoms with Crippen LogP contribution in [0, 0.1) is 20.8 Å². The Kier molecular flexibility index (Phi) is 4.99. The smallest absolute Gasteiger partial charge is 0.429 e. The van der Waals surface area contributed by atoms with Crippen molar-refractivity contribution in [1.29, 1.82) is 0 Å². The summed E-state index contributed by atoms with van der Waals surface area (Å²) >= 11 is 0. The molecule has 0 fully saturated rings. The van der Waals surface area contributed by atoms with Gasteiger partial charge in [-0.25, -0.2) is 0 Å². The lowest BCUT2D eigenvalue weighted by atomic mass is 9.85. The summed E-state index contributed by atoms with van der Waals surface area (Å²) in [5.41, 5.74) is 4.25. The number of aryl methyl sites for hydroxylation is 3. The average Bonchev–Trinajstić information content (AvgIpc) is 2.12. The molecule has 0 aliphatic rings. The van der Waals surface area contributed by atoms with Crippen molar-refractivity contribution in [2.75, 3.05) is 0 Å². The van der Waals surface area contributed by atoms with Gasteiger partial charge in [0.25, 0.3) is 0 Å². The molecule has 0 aliphatic carbocycles. The summed E-state index contributed by atoms with van der Waals surface area (Å²) in [5.74, 6) is 0.523. The maximum Gasteiger partial charge on any atom is 0.429 e.